The lowest BCUT2D eigenvalue weighted by Gasteiger charge is -2.43. The van der Waals surface area contributed by atoms with Crippen LogP contribution in [0.1, 0.15) is 90.9 Å². The molecule has 4 rings (SSSR count). The van der Waals surface area contributed by atoms with Crippen LogP contribution in [0.2, 0.25) is 0 Å². The first kappa shape index (κ1) is 16.4. The van der Waals surface area contributed by atoms with Gasteiger partial charge in [0, 0.05) is 0 Å². The van der Waals surface area contributed by atoms with Crippen LogP contribution in [0.25, 0.3) is 0 Å². The highest BCUT2D eigenvalue weighted by Crippen LogP contribution is 2.54. The van der Waals surface area contributed by atoms with Gasteiger partial charge in [0.25, 0.3) is 0 Å². The van der Waals surface area contributed by atoms with Crippen molar-refractivity contribution >= 4 is 0 Å². The maximum atomic E-state index is 6.41. The van der Waals surface area contributed by atoms with Crippen LogP contribution in [-0.2, 0) is 4.74 Å². The summed E-state index contributed by atoms with van der Waals surface area (Å²) in [4.78, 5) is 0. The minimum atomic E-state index is 0.425. The van der Waals surface area contributed by atoms with E-state index in [0.717, 1.165) is 36.2 Å². The molecular weight excluding hydrogens is 280 g/mol. The van der Waals surface area contributed by atoms with Crippen molar-refractivity contribution in [2.24, 2.45) is 35.0 Å². The summed E-state index contributed by atoms with van der Waals surface area (Å²) in [7, 11) is 0. The Hall–Kier alpha value is -0.0400. The maximum Gasteiger partial charge on any atom is 0.0640 e. The van der Waals surface area contributed by atoms with Crippen LogP contribution >= 0.6 is 0 Å². The van der Waals surface area contributed by atoms with E-state index >= 15 is 0 Å². The van der Waals surface area contributed by atoms with E-state index in [1.54, 1.807) is 0 Å². The van der Waals surface area contributed by atoms with Gasteiger partial charge in [-0.1, -0.05) is 78.1 Å². The van der Waals surface area contributed by atoms with Crippen LogP contribution in [0.4, 0.5) is 0 Å². The average molecular weight is 319 g/mol. The minimum Gasteiger partial charge on any atom is -0.377 e. The molecule has 0 radical (unpaired) electrons. The highest BCUT2D eigenvalue weighted by atomic mass is 16.5. The molecule has 1 aliphatic heterocycles. The third-order valence-electron chi connectivity index (χ3n) is 7.84. The number of unbranched alkanes of at least 4 members (excludes halogenated alkanes) is 1. The van der Waals surface area contributed by atoms with Crippen LogP contribution < -0.4 is 0 Å². The molecule has 1 saturated heterocycles. The Bertz CT molecular complexity index is 391. The Balaban J connectivity index is 1.37. The van der Waals surface area contributed by atoms with Crippen LogP contribution in [0.15, 0.2) is 0 Å². The lowest BCUT2D eigenvalue weighted by atomic mass is 9.61. The van der Waals surface area contributed by atoms with Gasteiger partial charge in [-0.25, -0.2) is 0 Å². The molecular formula is C22H38O. The summed E-state index contributed by atoms with van der Waals surface area (Å²) in [6.45, 7) is 5.96. The van der Waals surface area contributed by atoms with Crippen molar-refractivity contribution in [3.63, 3.8) is 0 Å². The second-order valence-electron chi connectivity index (χ2n) is 10.1. The first-order valence-electron chi connectivity index (χ1n) is 10.7. The molecule has 0 aromatic carbocycles. The van der Waals surface area contributed by atoms with Gasteiger partial charge in [0.1, 0.15) is 0 Å². The van der Waals surface area contributed by atoms with Gasteiger partial charge < -0.3 is 4.74 Å². The fourth-order valence-corrected chi connectivity index (χ4v) is 6.18. The summed E-state index contributed by atoms with van der Waals surface area (Å²) in [5.74, 6) is 4.86. The predicted molar refractivity (Wildman–Crippen MR) is 96.4 cm³/mol. The Morgan fingerprint density at radius 3 is 2.26 bits per heavy atom. The SMILES string of the molecule is CC1(C)CO[C@@H]2C(C3CCCC3)C[C@H](CCCCC3CC3)CC21. The Morgan fingerprint density at radius 1 is 0.870 bits per heavy atom. The summed E-state index contributed by atoms with van der Waals surface area (Å²) < 4.78 is 6.41. The van der Waals surface area contributed by atoms with Crippen molar-refractivity contribution in [2.45, 2.75) is 97.0 Å². The van der Waals surface area contributed by atoms with Gasteiger partial charge in [0.15, 0.2) is 0 Å². The quantitative estimate of drug-likeness (QED) is 0.529. The monoisotopic (exact) mass is 318 g/mol. The summed E-state index contributed by atoms with van der Waals surface area (Å²) in [5.41, 5.74) is 0.425. The number of ether oxygens (including phenoxy) is 1. The van der Waals surface area contributed by atoms with Gasteiger partial charge in [-0.3, -0.25) is 0 Å². The fourth-order valence-electron chi connectivity index (χ4n) is 6.18. The molecule has 1 heterocycles. The number of hydrogen-bond acceptors (Lipinski definition) is 1. The normalized spacial score (nSPS) is 40.4. The average Bonchev–Trinajstić information content (AvgIpc) is 3.09. The van der Waals surface area contributed by atoms with E-state index in [1.165, 1.54) is 77.0 Å². The largest absolute Gasteiger partial charge is 0.377 e. The highest BCUT2D eigenvalue weighted by molar-refractivity contribution is 5.00. The molecule has 3 saturated carbocycles. The molecule has 4 aliphatic rings. The molecule has 0 N–H and O–H groups in total. The van der Waals surface area contributed by atoms with Crippen molar-refractivity contribution in [3.8, 4) is 0 Å². The van der Waals surface area contributed by atoms with E-state index in [9.17, 15) is 0 Å². The molecule has 23 heavy (non-hydrogen) atoms. The van der Waals surface area contributed by atoms with Crippen molar-refractivity contribution in [1.82, 2.24) is 0 Å². The van der Waals surface area contributed by atoms with Crippen molar-refractivity contribution in [2.75, 3.05) is 6.61 Å². The van der Waals surface area contributed by atoms with Crippen LogP contribution in [0, 0.1) is 35.0 Å². The molecule has 4 fully saturated rings. The third kappa shape index (κ3) is 3.65. The fraction of sp³-hybridized carbons (Fsp3) is 1.00. The van der Waals surface area contributed by atoms with Crippen LogP contribution in [0.3, 0.4) is 0 Å². The minimum absolute atomic E-state index is 0.425. The second kappa shape index (κ2) is 6.70. The van der Waals surface area contributed by atoms with Crippen LogP contribution in [0.5, 0.6) is 0 Å². The van der Waals surface area contributed by atoms with E-state index in [4.69, 9.17) is 4.74 Å². The lowest BCUT2D eigenvalue weighted by molar-refractivity contribution is -0.0242. The van der Waals surface area contributed by atoms with Crippen molar-refractivity contribution in [3.05, 3.63) is 0 Å². The summed E-state index contributed by atoms with van der Waals surface area (Å²) >= 11 is 0. The first-order valence-corrected chi connectivity index (χ1v) is 10.7. The Morgan fingerprint density at radius 2 is 1.57 bits per heavy atom. The molecule has 132 valence electrons. The zero-order chi connectivity index (χ0) is 15.9. The number of hydrogen-bond donors (Lipinski definition) is 0. The Labute approximate surface area is 143 Å². The van der Waals surface area contributed by atoms with E-state index in [-0.39, 0.29) is 0 Å². The van der Waals surface area contributed by atoms with Crippen molar-refractivity contribution in [1.29, 1.82) is 0 Å². The van der Waals surface area contributed by atoms with Gasteiger partial charge in [-0.2, -0.15) is 0 Å². The van der Waals surface area contributed by atoms with Gasteiger partial charge in [0.2, 0.25) is 0 Å². The third-order valence-corrected chi connectivity index (χ3v) is 7.84. The lowest BCUT2D eigenvalue weighted by Crippen LogP contribution is -2.41. The first-order chi connectivity index (χ1) is 11.1. The Kier molecular flexibility index (Phi) is 4.78. The highest BCUT2D eigenvalue weighted by Gasteiger charge is 2.51. The second-order valence-corrected chi connectivity index (χ2v) is 10.1. The van der Waals surface area contributed by atoms with Gasteiger partial charge >= 0.3 is 0 Å². The summed E-state index contributed by atoms with van der Waals surface area (Å²) in [6.07, 6.45) is 18.6. The smallest absolute Gasteiger partial charge is 0.0640 e. The molecule has 2 unspecified atom stereocenters. The number of fused-ring (bicyclic) bond motifs is 1. The topological polar surface area (TPSA) is 9.23 Å². The molecule has 0 aromatic rings. The predicted octanol–water partition coefficient (Wildman–Crippen LogP) is 6.21. The molecule has 0 aromatic heterocycles. The van der Waals surface area contributed by atoms with E-state index < -0.39 is 0 Å². The molecule has 1 nitrogen and oxygen atoms in total. The zero-order valence-electron chi connectivity index (χ0n) is 15.6. The molecule has 4 atom stereocenters. The molecule has 0 amide bonds. The van der Waals surface area contributed by atoms with Gasteiger partial charge in [-0.05, 0) is 47.8 Å². The van der Waals surface area contributed by atoms with Gasteiger partial charge in [-0.15, -0.1) is 0 Å². The summed E-state index contributed by atoms with van der Waals surface area (Å²) in [5, 5.41) is 0. The maximum absolute atomic E-state index is 6.41. The number of rotatable bonds is 6. The van der Waals surface area contributed by atoms with Crippen molar-refractivity contribution < 1.29 is 4.74 Å². The molecule has 0 bridgehead atoms. The molecule has 0 spiro atoms. The zero-order valence-corrected chi connectivity index (χ0v) is 15.6. The summed E-state index contributed by atoms with van der Waals surface area (Å²) in [6, 6.07) is 0. The van der Waals surface area contributed by atoms with Crippen LogP contribution in [-0.4, -0.2) is 12.7 Å². The molecule has 3 aliphatic carbocycles. The molecule has 1 heteroatoms. The van der Waals surface area contributed by atoms with E-state index in [1.807, 2.05) is 0 Å². The van der Waals surface area contributed by atoms with E-state index in [0.29, 0.717) is 11.5 Å². The van der Waals surface area contributed by atoms with Gasteiger partial charge in [0.05, 0.1) is 12.7 Å². The van der Waals surface area contributed by atoms with E-state index in [2.05, 4.69) is 13.8 Å². The standard InChI is InChI=1S/C22H38O/c1-22(2)15-23-21-19(18-9-5-6-10-18)13-17(14-20(21)22)8-4-3-7-16-11-12-16/h16-21H,3-15H2,1-2H3/t17-,19?,20?,21+/m0/s1.